The van der Waals surface area contributed by atoms with Gasteiger partial charge in [0.1, 0.15) is 5.82 Å². The minimum atomic E-state index is -0.302. The minimum absolute atomic E-state index is 0.196. The molecule has 0 unspecified atom stereocenters. The molecular formula is C15H15FN4. The van der Waals surface area contributed by atoms with E-state index in [1.165, 1.54) is 6.07 Å². The molecule has 3 rings (SSSR count). The van der Waals surface area contributed by atoms with Gasteiger partial charge in [-0.05, 0) is 24.6 Å². The van der Waals surface area contributed by atoms with E-state index in [0.29, 0.717) is 16.9 Å². The van der Waals surface area contributed by atoms with Gasteiger partial charge in [-0.25, -0.2) is 13.9 Å². The summed E-state index contributed by atoms with van der Waals surface area (Å²) in [5, 5.41) is 4.47. The molecule has 20 heavy (non-hydrogen) atoms. The molecule has 1 atom stereocenters. The predicted molar refractivity (Wildman–Crippen MR) is 75.6 cm³/mol. The van der Waals surface area contributed by atoms with Crippen LogP contribution in [-0.2, 0) is 0 Å². The third kappa shape index (κ3) is 2.06. The van der Waals surface area contributed by atoms with E-state index in [-0.39, 0.29) is 11.9 Å². The van der Waals surface area contributed by atoms with Crippen LogP contribution in [0, 0.1) is 5.82 Å². The molecule has 3 aromatic rings. The zero-order chi connectivity index (χ0) is 14.1. The third-order valence-corrected chi connectivity index (χ3v) is 3.38. The van der Waals surface area contributed by atoms with Crippen LogP contribution in [0.25, 0.3) is 16.9 Å². The number of halogens is 1. The van der Waals surface area contributed by atoms with Crippen LogP contribution in [0.4, 0.5) is 4.39 Å². The van der Waals surface area contributed by atoms with E-state index in [4.69, 9.17) is 5.73 Å². The molecule has 0 radical (unpaired) electrons. The maximum Gasteiger partial charge on any atom is 0.153 e. The Kier molecular flexibility index (Phi) is 3.20. The summed E-state index contributed by atoms with van der Waals surface area (Å²) in [6.45, 7) is 1.99. The predicted octanol–water partition coefficient (Wildman–Crippen LogP) is 2.95. The third-order valence-electron chi connectivity index (χ3n) is 3.38. The lowest BCUT2D eigenvalue weighted by Crippen LogP contribution is -2.13. The Morgan fingerprint density at radius 2 is 2.15 bits per heavy atom. The molecule has 2 N–H and O–H groups in total. The van der Waals surface area contributed by atoms with Gasteiger partial charge in [-0.1, -0.05) is 19.1 Å². The van der Waals surface area contributed by atoms with Crippen molar-refractivity contribution in [3.63, 3.8) is 0 Å². The molecule has 0 saturated carbocycles. The van der Waals surface area contributed by atoms with Gasteiger partial charge < -0.3 is 5.73 Å². The largest absolute Gasteiger partial charge is 0.324 e. The summed E-state index contributed by atoms with van der Waals surface area (Å²) in [6.07, 6.45) is 4.15. The average Bonchev–Trinajstić information content (AvgIpc) is 2.93. The highest BCUT2D eigenvalue weighted by atomic mass is 19.1. The topological polar surface area (TPSA) is 56.2 Å². The second kappa shape index (κ2) is 5.02. The molecule has 0 bridgehead atoms. The van der Waals surface area contributed by atoms with Crippen LogP contribution in [0.2, 0.25) is 0 Å². The molecule has 0 saturated heterocycles. The highest BCUT2D eigenvalue weighted by Gasteiger charge is 2.17. The smallest absolute Gasteiger partial charge is 0.153 e. The molecule has 0 fully saturated rings. The van der Waals surface area contributed by atoms with Crippen molar-refractivity contribution in [1.29, 1.82) is 0 Å². The summed E-state index contributed by atoms with van der Waals surface area (Å²) in [6, 6.07) is 8.28. The quantitative estimate of drug-likeness (QED) is 0.796. The first-order valence-electron chi connectivity index (χ1n) is 6.55. The fraction of sp³-hybridized carbons (Fsp3) is 0.200. The number of fused-ring (bicyclic) bond motifs is 1. The van der Waals surface area contributed by atoms with Gasteiger partial charge in [0.05, 0.1) is 5.69 Å². The number of aromatic nitrogens is 3. The van der Waals surface area contributed by atoms with Crippen LogP contribution < -0.4 is 5.73 Å². The van der Waals surface area contributed by atoms with Crippen molar-refractivity contribution in [1.82, 2.24) is 14.6 Å². The Labute approximate surface area is 116 Å². The highest BCUT2D eigenvalue weighted by Crippen LogP contribution is 2.29. The summed E-state index contributed by atoms with van der Waals surface area (Å²) >= 11 is 0. The Bertz CT molecular complexity index is 750. The fourth-order valence-corrected chi connectivity index (χ4v) is 2.23. The number of nitrogens with zero attached hydrogens (tertiary/aromatic N) is 3. The Morgan fingerprint density at radius 3 is 2.90 bits per heavy atom. The van der Waals surface area contributed by atoms with Crippen molar-refractivity contribution < 1.29 is 4.39 Å². The first-order valence-corrected chi connectivity index (χ1v) is 6.55. The molecule has 0 aliphatic rings. The van der Waals surface area contributed by atoms with Crippen molar-refractivity contribution in [3.8, 4) is 11.3 Å². The zero-order valence-electron chi connectivity index (χ0n) is 11.1. The molecule has 1 aromatic carbocycles. The number of hydrogen-bond donors (Lipinski definition) is 1. The summed E-state index contributed by atoms with van der Waals surface area (Å²) in [4.78, 5) is 4.20. The highest BCUT2D eigenvalue weighted by molar-refractivity contribution is 5.66. The van der Waals surface area contributed by atoms with E-state index >= 15 is 0 Å². The summed E-state index contributed by atoms with van der Waals surface area (Å²) < 4.78 is 15.7. The van der Waals surface area contributed by atoms with Gasteiger partial charge in [-0.2, -0.15) is 5.10 Å². The van der Waals surface area contributed by atoms with E-state index < -0.39 is 0 Å². The average molecular weight is 270 g/mol. The monoisotopic (exact) mass is 270 g/mol. The van der Waals surface area contributed by atoms with Crippen LogP contribution in [0.5, 0.6) is 0 Å². The van der Waals surface area contributed by atoms with Gasteiger partial charge >= 0.3 is 0 Å². The van der Waals surface area contributed by atoms with Gasteiger partial charge in [0.2, 0.25) is 0 Å². The second-order valence-electron chi connectivity index (χ2n) is 4.67. The van der Waals surface area contributed by atoms with Crippen molar-refractivity contribution in [3.05, 3.63) is 54.1 Å². The number of benzene rings is 1. The van der Waals surface area contributed by atoms with Gasteiger partial charge in [-0.3, -0.25) is 0 Å². The van der Waals surface area contributed by atoms with Crippen molar-refractivity contribution in [2.24, 2.45) is 5.73 Å². The maximum atomic E-state index is 14.0. The van der Waals surface area contributed by atoms with Gasteiger partial charge in [0.25, 0.3) is 0 Å². The van der Waals surface area contributed by atoms with Gasteiger partial charge in [0.15, 0.2) is 5.65 Å². The Balaban J connectivity index is 2.29. The van der Waals surface area contributed by atoms with Crippen LogP contribution in [0.15, 0.2) is 42.7 Å². The normalized spacial score (nSPS) is 12.8. The summed E-state index contributed by atoms with van der Waals surface area (Å²) in [5.41, 5.74) is 8.70. The van der Waals surface area contributed by atoms with Crippen molar-refractivity contribution in [2.45, 2.75) is 19.4 Å². The summed E-state index contributed by atoms with van der Waals surface area (Å²) in [5.74, 6) is -0.302. The number of hydrogen-bond acceptors (Lipinski definition) is 3. The van der Waals surface area contributed by atoms with Crippen LogP contribution in [-0.4, -0.2) is 14.6 Å². The number of nitrogens with two attached hydrogens (primary N) is 1. The van der Waals surface area contributed by atoms with Gasteiger partial charge in [-0.15, -0.1) is 0 Å². The fourth-order valence-electron chi connectivity index (χ4n) is 2.23. The van der Waals surface area contributed by atoms with E-state index in [1.54, 1.807) is 35.1 Å². The molecule has 0 spiro atoms. The van der Waals surface area contributed by atoms with Crippen LogP contribution in [0.1, 0.15) is 24.9 Å². The lowest BCUT2D eigenvalue weighted by Gasteiger charge is -2.15. The first kappa shape index (κ1) is 12.7. The molecular weight excluding hydrogens is 255 g/mol. The standard InChI is InChI=1S/C15H15FN4/c1-2-13(17)11-9-14-18-7-8-20(14)19-15(11)10-5-3-4-6-12(10)16/h3-9,13H,2,17H2,1H3/t13-/m0/s1. The van der Waals surface area contributed by atoms with Crippen molar-refractivity contribution >= 4 is 5.65 Å². The number of imidazole rings is 1. The molecule has 102 valence electrons. The molecule has 0 aliphatic carbocycles. The number of rotatable bonds is 3. The minimum Gasteiger partial charge on any atom is -0.324 e. The molecule has 0 amide bonds. The summed E-state index contributed by atoms with van der Waals surface area (Å²) in [7, 11) is 0. The van der Waals surface area contributed by atoms with E-state index in [0.717, 1.165) is 12.0 Å². The van der Waals surface area contributed by atoms with Gasteiger partial charge in [0, 0.05) is 29.6 Å². The second-order valence-corrected chi connectivity index (χ2v) is 4.67. The maximum absolute atomic E-state index is 14.0. The van der Waals surface area contributed by atoms with E-state index in [2.05, 4.69) is 10.1 Å². The van der Waals surface area contributed by atoms with E-state index in [1.807, 2.05) is 13.0 Å². The molecule has 2 aromatic heterocycles. The first-order chi connectivity index (χ1) is 9.70. The molecule has 5 heteroatoms. The lowest BCUT2D eigenvalue weighted by atomic mass is 9.99. The van der Waals surface area contributed by atoms with Crippen LogP contribution in [0.3, 0.4) is 0 Å². The molecule has 4 nitrogen and oxygen atoms in total. The van der Waals surface area contributed by atoms with Crippen molar-refractivity contribution in [2.75, 3.05) is 0 Å². The zero-order valence-corrected chi connectivity index (χ0v) is 11.1. The van der Waals surface area contributed by atoms with E-state index in [9.17, 15) is 4.39 Å². The lowest BCUT2D eigenvalue weighted by molar-refractivity contribution is 0.628. The Hall–Kier alpha value is -2.27. The van der Waals surface area contributed by atoms with Crippen LogP contribution >= 0.6 is 0 Å². The molecule has 2 heterocycles. The molecule has 0 aliphatic heterocycles. The SMILES string of the molecule is CC[C@H](N)c1cc2nccn2nc1-c1ccccc1F. The Morgan fingerprint density at radius 1 is 1.35 bits per heavy atom.